The van der Waals surface area contributed by atoms with Gasteiger partial charge in [0.1, 0.15) is 0 Å². The Hall–Kier alpha value is -0.520. The summed E-state index contributed by atoms with van der Waals surface area (Å²) in [4.78, 5) is 0. The fraction of sp³-hybridized carbons (Fsp3) is 0.778. The molecule has 3 N–H and O–H groups in total. The average Bonchev–Trinajstić information content (AvgIpc) is 1.97. The number of hydrogen-bond acceptors (Lipinski definition) is 2. The quantitative estimate of drug-likeness (QED) is 0.363. The van der Waals surface area contributed by atoms with Crippen LogP contribution in [0, 0.1) is 17.8 Å². The molecule has 11 heavy (non-hydrogen) atoms. The van der Waals surface area contributed by atoms with E-state index < -0.39 is 0 Å². The SMILES string of the molecule is CC#CCCC(NN)C(C)C. The third-order valence-electron chi connectivity index (χ3n) is 1.78. The topological polar surface area (TPSA) is 38.0 Å². The lowest BCUT2D eigenvalue weighted by Crippen LogP contribution is -2.38. The molecular weight excluding hydrogens is 136 g/mol. The van der Waals surface area contributed by atoms with E-state index in [2.05, 4.69) is 31.1 Å². The number of hydrogen-bond donors (Lipinski definition) is 2. The molecule has 1 unspecified atom stereocenters. The van der Waals surface area contributed by atoms with Gasteiger partial charge in [-0.25, -0.2) is 0 Å². The maximum absolute atomic E-state index is 5.36. The summed E-state index contributed by atoms with van der Waals surface area (Å²) in [5, 5.41) is 0. The summed E-state index contributed by atoms with van der Waals surface area (Å²) in [6.45, 7) is 6.17. The number of nitrogens with two attached hydrogens (primary N) is 1. The first kappa shape index (κ1) is 10.5. The van der Waals surface area contributed by atoms with E-state index in [1.807, 2.05) is 6.92 Å². The second-order valence-electron chi connectivity index (χ2n) is 2.98. The first-order chi connectivity index (χ1) is 5.22. The Kier molecular flexibility index (Phi) is 5.91. The monoisotopic (exact) mass is 154 g/mol. The van der Waals surface area contributed by atoms with Crippen molar-refractivity contribution in [3.05, 3.63) is 0 Å². The third-order valence-corrected chi connectivity index (χ3v) is 1.78. The minimum atomic E-state index is 0.399. The Morgan fingerprint density at radius 2 is 2.09 bits per heavy atom. The normalized spacial score (nSPS) is 12.5. The van der Waals surface area contributed by atoms with Gasteiger partial charge in [-0.2, -0.15) is 0 Å². The van der Waals surface area contributed by atoms with Gasteiger partial charge in [0.15, 0.2) is 0 Å². The van der Waals surface area contributed by atoms with Gasteiger partial charge in [0.2, 0.25) is 0 Å². The summed E-state index contributed by atoms with van der Waals surface area (Å²) in [6, 6.07) is 0.399. The average molecular weight is 154 g/mol. The minimum Gasteiger partial charge on any atom is -0.271 e. The van der Waals surface area contributed by atoms with Crippen LogP contribution in [-0.2, 0) is 0 Å². The molecule has 0 aliphatic heterocycles. The van der Waals surface area contributed by atoms with Crippen LogP contribution in [0.3, 0.4) is 0 Å². The Labute approximate surface area is 69.5 Å². The molecule has 0 aromatic carbocycles. The van der Waals surface area contributed by atoms with Crippen LogP contribution >= 0.6 is 0 Å². The van der Waals surface area contributed by atoms with Crippen molar-refractivity contribution in [3.8, 4) is 11.8 Å². The first-order valence-electron chi connectivity index (χ1n) is 4.08. The van der Waals surface area contributed by atoms with Crippen molar-refractivity contribution in [3.63, 3.8) is 0 Å². The lowest BCUT2D eigenvalue weighted by Gasteiger charge is -2.17. The van der Waals surface area contributed by atoms with E-state index in [0.29, 0.717) is 12.0 Å². The molecule has 0 spiro atoms. The molecule has 0 bridgehead atoms. The van der Waals surface area contributed by atoms with Crippen molar-refractivity contribution >= 4 is 0 Å². The fourth-order valence-corrected chi connectivity index (χ4v) is 0.962. The molecule has 0 amide bonds. The van der Waals surface area contributed by atoms with Crippen LogP contribution in [0.25, 0.3) is 0 Å². The highest BCUT2D eigenvalue weighted by molar-refractivity contribution is 4.95. The highest BCUT2D eigenvalue weighted by Crippen LogP contribution is 2.06. The molecule has 0 radical (unpaired) electrons. The predicted octanol–water partition coefficient (Wildman–Crippen LogP) is 1.28. The highest BCUT2D eigenvalue weighted by atomic mass is 15.2. The zero-order valence-electron chi connectivity index (χ0n) is 7.65. The third kappa shape index (κ3) is 4.83. The molecule has 0 fully saturated rings. The molecule has 0 saturated carbocycles. The summed E-state index contributed by atoms with van der Waals surface area (Å²) in [5.74, 6) is 11.8. The van der Waals surface area contributed by atoms with Gasteiger partial charge in [0, 0.05) is 12.5 Å². The van der Waals surface area contributed by atoms with E-state index in [1.165, 1.54) is 0 Å². The Bertz CT molecular complexity index is 141. The largest absolute Gasteiger partial charge is 0.271 e. The maximum Gasteiger partial charge on any atom is 0.0242 e. The summed E-state index contributed by atoms with van der Waals surface area (Å²) in [5.41, 5.74) is 2.79. The molecular formula is C9H18N2. The molecule has 0 aromatic rings. The molecule has 1 atom stereocenters. The zero-order valence-corrected chi connectivity index (χ0v) is 7.65. The molecule has 2 heteroatoms. The maximum atomic E-state index is 5.36. The van der Waals surface area contributed by atoms with Crippen LogP contribution in [0.15, 0.2) is 0 Å². The van der Waals surface area contributed by atoms with Crippen LogP contribution in [0.5, 0.6) is 0 Å². The molecule has 64 valence electrons. The molecule has 0 aliphatic rings. The van der Waals surface area contributed by atoms with Crippen molar-refractivity contribution < 1.29 is 0 Å². The van der Waals surface area contributed by atoms with Crippen LogP contribution < -0.4 is 11.3 Å². The van der Waals surface area contributed by atoms with Crippen molar-refractivity contribution in [1.82, 2.24) is 5.43 Å². The molecule has 0 heterocycles. The van der Waals surface area contributed by atoms with Crippen LogP contribution in [-0.4, -0.2) is 6.04 Å². The van der Waals surface area contributed by atoms with Gasteiger partial charge in [-0.05, 0) is 19.3 Å². The van der Waals surface area contributed by atoms with Crippen molar-refractivity contribution in [1.29, 1.82) is 0 Å². The zero-order chi connectivity index (χ0) is 8.69. The summed E-state index contributed by atoms with van der Waals surface area (Å²) in [7, 11) is 0. The molecule has 0 rings (SSSR count). The van der Waals surface area contributed by atoms with E-state index in [0.717, 1.165) is 12.8 Å². The number of hydrazine groups is 1. The minimum absolute atomic E-state index is 0.399. The van der Waals surface area contributed by atoms with Gasteiger partial charge in [-0.1, -0.05) is 13.8 Å². The first-order valence-corrected chi connectivity index (χ1v) is 4.08. The molecule has 2 nitrogen and oxygen atoms in total. The van der Waals surface area contributed by atoms with Crippen LogP contribution in [0.1, 0.15) is 33.6 Å². The van der Waals surface area contributed by atoms with Gasteiger partial charge in [-0.3, -0.25) is 11.3 Å². The van der Waals surface area contributed by atoms with E-state index in [9.17, 15) is 0 Å². The summed E-state index contributed by atoms with van der Waals surface area (Å²) in [6.07, 6.45) is 1.97. The lowest BCUT2D eigenvalue weighted by molar-refractivity contribution is 0.388. The van der Waals surface area contributed by atoms with E-state index in [-0.39, 0.29) is 0 Å². The van der Waals surface area contributed by atoms with Gasteiger partial charge >= 0.3 is 0 Å². The summed E-state index contributed by atoms with van der Waals surface area (Å²) < 4.78 is 0. The Balaban J connectivity index is 3.58. The van der Waals surface area contributed by atoms with Gasteiger partial charge < -0.3 is 0 Å². The van der Waals surface area contributed by atoms with Crippen LogP contribution in [0.2, 0.25) is 0 Å². The smallest absolute Gasteiger partial charge is 0.0242 e. The van der Waals surface area contributed by atoms with Gasteiger partial charge in [0.05, 0.1) is 0 Å². The van der Waals surface area contributed by atoms with Crippen molar-refractivity contribution in [2.45, 2.75) is 39.7 Å². The highest BCUT2D eigenvalue weighted by Gasteiger charge is 2.08. The molecule has 0 saturated heterocycles. The molecule has 0 aromatic heterocycles. The van der Waals surface area contributed by atoms with Crippen LogP contribution in [0.4, 0.5) is 0 Å². The number of rotatable bonds is 4. The molecule has 0 aliphatic carbocycles. The predicted molar refractivity (Wildman–Crippen MR) is 48.6 cm³/mol. The van der Waals surface area contributed by atoms with E-state index in [4.69, 9.17) is 5.84 Å². The fourth-order valence-electron chi connectivity index (χ4n) is 0.962. The lowest BCUT2D eigenvalue weighted by atomic mass is 10.0. The van der Waals surface area contributed by atoms with E-state index >= 15 is 0 Å². The second-order valence-corrected chi connectivity index (χ2v) is 2.98. The standard InChI is InChI=1S/C9H18N2/c1-4-5-6-7-9(11-10)8(2)3/h8-9,11H,6-7,10H2,1-3H3. The number of nitrogens with one attached hydrogen (secondary N) is 1. The summed E-state index contributed by atoms with van der Waals surface area (Å²) >= 11 is 0. The Morgan fingerprint density at radius 1 is 1.45 bits per heavy atom. The van der Waals surface area contributed by atoms with E-state index in [1.54, 1.807) is 0 Å². The van der Waals surface area contributed by atoms with Crippen molar-refractivity contribution in [2.24, 2.45) is 11.8 Å². The van der Waals surface area contributed by atoms with Gasteiger partial charge in [-0.15, -0.1) is 11.8 Å². The Morgan fingerprint density at radius 3 is 2.45 bits per heavy atom. The van der Waals surface area contributed by atoms with Gasteiger partial charge in [0.25, 0.3) is 0 Å². The second kappa shape index (κ2) is 6.21. The van der Waals surface area contributed by atoms with Crippen molar-refractivity contribution in [2.75, 3.05) is 0 Å².